The van der Waals surface area contributed by atoms with Crippen molar-refractivity contribution in [1.29, 1.82) is 0 Å². The second-order valence-corrected chi connectivity index (χ2v) is 4.34. The zero-order valence-corrected chi connectivity index (χ0v) is 10.3. The molecule has 0 radical (unpaired) electrons. The summed E-state index contributed by atoms with van der Waals surface area (Å²) in [5, 5.41) is 0. The third kappa shape index (κ3) is 1.65. The van der Waals surface area contributed by atoms with Gasteiger partial charge in [-0.15, -0.1) is 0 Å². The van der Waals surface area contributed by atoms with Gasteiger partial charge >= 0.3 is 5.97 Å². The summed E-state index contributed by atoms with van der Waals surface area (Å²) in [6.45, 7) is 0.116. The van der Waals surface area contributed by atoms with Gasteiger partial charge in [-0.25, -0.2) is 4.79 Å². The number of nitrogens with zero attached hydrogens (tertiary/aromatic N) is 1. The zero-order chi connectivity index (χ0) is 14.3. The minimum atomic E-state index is -0.951. The number of hydrogen-bond donors (Lipinski definition) is 0. The molecule has 2 aliphatic rings. The third-order valence-corrected chi connectivity index (χ3v) is 3.18. The first-order valence-electron chi connectivity index (χ1n) is 5.98. The molecule has 0 saturated carbocycles. The Bertz CT molecular complexity index is 674. The highest BCUT2D eigenvalue weighted by atomic mass is 16.5. The van der Waals surface area contributed by atoms with E-state index in [0.29, 0.717) is 0 Å². The molecule has 0 aliphatic carbocycles. The number of carbonyl (C=O) groups excluding carboxylic acids is 4. The summed E-state index contributed by atoms with van der Waals surface area (Å²) in [5.41, 5.74) is -0.387. The maximum absolute atomic E-state index is 12.3. The number of morpholine rings is 1. The number of cyclic esters (lactones) is 1. The molecule has 2 aliphatic heterocycles. The van der Waals surface area contributed by atoms with E-state index in [1.165, 1.54) is 12.1 Å². The first-order valence-corrected chi connectivity index (χ1v) is 5.98. The molecule has 1 amide bonds. The molecule has 20 heavy (non-hydrogen) atoms. The summed E-state index contributed by atoms with van der Waals surface area (Å²) < 4.78 is 4.81. The molecule has 1 fully saturated rings. The number of benzene rings is 1. The Labute approximate surface area is 113 Å². The lowest BCUT2D eigenvalue weighted by Gasteiger charge is -2.23. The molecule has 0 spiro atoms. The van der Waals surface area contributed by atoms with Crippen molar-refractivity contribution in [3.05, 3.63) is 47.2 Å². The van der Waals surface area contributed by atoms with E-state index >= 15 is 0 Å². The summed E-state index contributed by atoms with van der Waals surface area (Å²) in [5.74, 6) is -3.25. The average Bonchev–Trinajstić information content (AvgIpc) is 2.73. The Morgan fingerprint density at radius 2 is 1.80 bits per heavy atom. The normalized spacial score (nSPS) is 18.2. The summed E-state index contributed by atoms with van der Waals surface area (Å²) >= 11 is 0. The molecule has 6 heteroatoms. The van der Waals surface area contributed by atoms with E-state index < -0.39 is 29.0 Å². The van der Waals surface area contributed by atoms with Crippen molar-refractivity contribution in [2.24, 2.45) is 0 Å². The van der Waals surface area contributed by atoms with E-state index in [2.05, 4.69) is 0 Å². The number of ketones is 2. The highest BCUT2D eigenvalue weighted by molar-refractivity contribution is 6.54. The number of rotatable bonds is 2. The van der Waals surface area contributed by atoms with Crippen LogP contribution in [0.25, 0.3) is 0 Å². The Morgan fingerprint density at radius 3 is 2.50 bits per heavy atom. The van der Waals surface area contributed by atoms with Gasteiger partial charge in [0.25, 0.3) is 11.7 Å². The Balaban J connectivity index is 2.12. The fourth-order valence-corrected chi connectivity index (χ4v) is 2.24. The molecule has 0 atom stereocenters. The fourth-order valence-electron chi connectivity index (χ4n) is 2.24. The number of amides is 1. The molecule has 0 bridgehead atoms. The zero-order valence-electron chi connectivity index (χ0n) is 10.3. The van der Waals surface area contributed by atoms with Crippen molar-refractivity contribution < 1.29 is 23.9 Å². The predicted octanol–water partition coefficient (Wildman–Crippen LogP) is 0.0915. The number of hydrogen-bond acceptors (Lipinski definition) is 5. The van der Waals surface area contributed by atoms with Crippen LogP contribution in [0.3, 0.4) is 0 Å². The van der Waals surface area contributed by atoms with Crippen LogP contribution >= 0.6 is 0 Å². The second kappa shape index (κ2) is 4.41. The van der Waals surface area contributed by atoms with E-state index in [4.69, 9.17) is 4.74 Å². The van der Waals surface area contributed by atoms with Gasteiger partial charge < -0.3 is 4.74 Å². The van der Waals surface area contributed by atoms with Gasteiger partial charge in [0.2, 0.25) is 0 Å². The highest BCUT2D eigenvalue weighted by Crippen LogP contribution is 2.27. The summed E-state index contributed by atoms with van der Waals surface area (Å²) in [4.78, 5) is 48.9. The van der Waals surface area contributed by atoms with Gasteiger partial charge in [0.1, 0.15) is 17.9 Å². The van der Waals surface area contributed by atoms with E-state index in [1.807, 2.05) is 0 Å². The SMILES string of the molecule is O=C1OCCN2C(=O)C(=O)C(C(=O)c3ccccc3)=C12. The molecular weight excluding hydrogens is 262 g/mol. The molecule has 0 aromatic heterocycles. The number of ether oxygens (including phenoxy) is 1. The highest BCUT2D eigenvalue weighted by Gasteiger charge is 2.47. The van der Waals surface area contributed by atoms with Crippen LogP contribution in [0.15, 0.2) is 41.6 Å². The van der Waals surface area contributed by atoms with Gasteiger partial charge in [-0.1, -0.05) is 30.3 Å². The van der Waals surface area contributed by atoms with Crippen molar-refractivity contribution in [3.8, 4) is 0 Å². The maximum atomic E-state index is 12.3. The Kier molecular flexibility index (Phi) is 2.71. The van der Waals surface area contributed by atoms with Crippen LogP contribution in [0.1, 0.15) is 10.4 Å². The lowest BCUT2D eigenvalue weighted by molar-refractivity contribution is -0.150. The maximum Gasteiger partial charge on any atom is 0.356 e. The van der Waals surface area contributed by atoms with Gasteiger partial charge in [0.05, 0.1) is 6.54 Å². The van der Waals surface area contributed by atoms with Crippen molar-refractivity contribution in [3.63, 3.8) is 0 Å². The largest absolute Gasteiger partial charge is 0.459 e. The second-order valence-electron chi connectivity index (χ2n) is 4.34. The van der Waals surface area contributed by atoms with Gasteiger partial charge in [0.15, 0.2) is 5.78 Å². The van der Waals surface area contributed by atoms with Crippen LogP contribution in [-0.4, -0.2) is 41.5 Å². The summed E-state index contributed by atoms with van der Waals surface area (Å²) in [6, 6.07) is 8.03. The number of esters is 1. The quantitative estimate of drug-likeness (QED) is 0.329. The first kappa shape index (κ1) is 12.3. The molecular formula is C14H9NO5. The molecule has 3 rings (SSSR count). The standard InChI is InChI=1S/C14H9NO5/c16-11(8-4-2-1-3-5-8)9-10-14(19)20-7-6-15(10)13(18)12(9)17/h1-5H,6-7H2. The molecule has 0 unspecified atom stereocenters. The number of carbonyl (C=O) groups is 4. The van der Waals surface area contributed by atoms with Crippen molar-refractivity contribution >= 4 is 23.4 Å². The summed E-state index contributed by atoms with van der Waals surface area (Å²) in [6.07, 6.45) is 0. The molecule has 1 aromatic carbocycles. The third-order valence-electron chi connectivity index (χ3n) is 3.18. The monoisotopic (exact) mass is 271 g/mol. The molecule has 100 valence electrons. The minimum Gasteiger partial charge on any atom is -0.459 e. The van der Waals surface area contributed by atoms with Crippen molar-refractivity contribution in [1.82, 2.24) is 4.90 Å². The Hall–Kier alpha value is -2.76. The van der Waals surface area contributed by atoms with Crippen LogP contribution in [0.2, 0.25) is 0 Å². The van der Waals surface area contributed by atoms with Gasteiger partial charge in [-0.3, -0.25) is 19.3 Å². The van der Waals surface area contributed by atoms with E-state index in [9.17, 15) is 19.2 Å². The topological polar surface area (TPSA) is 80.8 Å². The van der Waals surface area contributed by atoms with Gasteiger partial charge in [-0.05, 0) is 0 Å². The molecule has 0 N–H and O–H groups in total. The number of fused-ring (bicyclic) bond motifs is 1. The van der Waals surface area contributed by atoms with Gasteiger partial charge in [0, 0.05) is 5.56 Å². The lowest BCUT2D eigenvalue weighted by atomic mass is 10.00. The number of Topliss-reactive ketones (excluding diaryl/α,β-unsaturated/α-hetero) is 2. The van der Waals surface area contributed by atoms with E-state index in [0.717, 1.165) is 4.90 Å². The predicted molar refractivity (Wildman–Crippen MR) is 65.5 cm³/mol. The molecule has 1 saturated heterocycles. The first-order chi connectivity index (χ1) is 9.61. The molecule has 1 aromatic rings. The van der Waals surface area contributed by atoms with E-state index in [1.54, 1.807) is 18.2 Å². The van der Waals surface area contributed by atoms with Crippen LogP contribution in [-0.2, 0) is 19.1 Å². The fraction of sp³-hybridized carbons (Fsp3) is 0.143. The summed E-state index contributed by atoms with van der Waals surface area (Å²) in [7, 11) is 0. The van der Waals surface area contributed by atoms with Crippen molar-refractivity contribution in [2.45, 2.75) is 0 Å². The van der Waals surface area contributed by atoms with Crippen LogP contribution in [0.4, 0.5) is 0 Å². The molecule has 6 nitrogen and oxygen atoms in total. The van der Waals surface area contributed by atoms with Crippen LogP contribution < -0.4 is 0 Å². The lowest BCUT2D eigenvalue weighted by Crippen LogP contribution is -2.39. The molecule has 2 heterocycles. The van der Waals surface area contributed by atoms with Crippen LogP contribution in [0, 0.1) is 0 Å². The van der Waals surface area contributed by atoms with Crippen molar-refractivity contribution in [2.75, 3.05) is 13.2 Å². The van der Waals surface area contributed by atoms with Gasteiger partial charge in [-0.2, -0.15) is 0 Å². The minimum absolute atomic E-state index is 0.0220. The Morgan fingerprint density at radius 1 is 1.10 bits per heavy atom. The van der Waals surface area contributed by atoms with E-state index in [-0.39, 0.29) is 24.4 Å². The average molecular weight is 271 g/mol. The van der Waals surface area contributed by atoms with Crippen LogP contribution in [0.5, 0.6) is 0 Å². The smallest absolute Gasteiger partial charge is 0.356 e.